The van der Waals surface area contributed by atoms with E-state index in [2.05, 4.69) is 19.2 Å². The Kier molecular flexibility index (Phi) is 6.05. The van der Waals surface area contributed by atoms with E-state index in [9.17, 15) is 0 Å². The summed E-state index contributed by atoms with van der Waals surface area (Å²) in [5.74, 6) is 2.85. The van der Waals surface area contributed by atoms with Crippen LogP contribution in [0.1, 0.15) is 20.3 Å². The Labute approximate surface area is 108 Å². The van der Waals surface area contributed by atoms with E-state index in [0.717, 1.165) is 40.8 Å². The van der Waals surface area contributed by atoms with Gasteiger partial charge in [-0.2, -0.15) is 0 Å². The number of anilines is 1. The Hall–Kier alpha value is -1.03. The molecule has 96 valence electrons. The first-order valence-electron chi connectivity index (χ1n) is 5.89. The topological polar surface area (TPSA) is 30.5 Å². The van der Waals surface area contributed by atoms with Gasteiger partial charge in [-0.25, -0.2) is 0 Å². The molecule has 0 aliphatic heterocycles. The van der Waals surface area contributed by atoms with Crippen molar-refractivity contribution in [3.05, 3.63) is 12.1 Å². The van der Waals surface area contributed by atoms with Gasteiger partial charge in [0.15, 0.2) is 0 Å². The van der Waals surface area contributed by atoms with Gasteiger partial charge in [0.2, 0.25) is 0 Å². The van der Waals surface area contributed by atoms with E-state index in [1.165, 1.54) is 0 Å². The van der Waals surface area contributed by atoms with Crippen molar-refractivity contribution in [3.8, 4) is 11.5 Å². The first-order valence-corrected chi connectivity index (χ1v) is 6.88. The molecule has 0 saturated carbocycles. The molecule has 0 atom stereocenters. The smallest absolute Gasteiger partial charge is 0.143 e. The maximum atomic E-state index is 5.41. The van der Waals surface area contributed by atoms with E-state index in [1.54, 1.807) is 26.0 Å². The van der Waals surface area contributed by atoms with Crippen molar-refractivity contribution in [1.29, 1.82) is 0 Å². The molecule has 1 aromatic carbocycles. The molecular formula is C13H21NO2S. The number of benzene rings is 1. The molecule has 4 heteroatoms. The SMILES string of the molecule is CCCSc1cc(OC)c(NCC)cc1OC. The Balaban J connectivity index is 3.04. The third-order valence-corrected chi connectivity index (χ3v) is 3.56. The fourth-order valence-corrected chi connectivity index (χ4v) is 2.42. The van der Waals surface area contributed by atoms with E-state index < -0.39 is 0 Å². The Bertz CT molecular complexity index is 356. The molecule has 0 aliphatic carbocycles. The van der Waals surface area contributed by atoms with Gasteiger partial charge in [0.05, 0.1) is 24.8 Å². The maximum absolute atomic E-state index is 5.41. The lowest BCUT2D eigenvalue weighted by atomic mass is 10.2. The fourth-order valence-electron chi connectivity index (χ4n) is 1.52. The maximum Gasteiger partial charge on any atom is 0.143 e. The predicted octanol–water partition coefficient (Wildman–Crippen LogP) is 3.64. The standard InChI is InChI=1S/C13H21NO2S/c1-5-7-17-13-9-11(15-3)10(14-6-2)8-12(13)16-4/h8-9,14H,5-7H2,1-4H3. The second-order valence-corrected chi connectivity index (χ2v) is 4.72. The van der Waals surface area contributed by atoms with Gasteiger partial charge >= 0.3 is 0 Å². The minimum atomic E-state index is 0.862. The summed E-state index contributed by atoms with van der Waals surface area (Å²) < 4.78 is 10.8. The predicted molar refractivity (Wildman–Crippen MR) is 74.7 cm³/mol. The van der Waals surface area contributed by atoms with Crippen LogP contribution in [0.2, 0.25) is 0 Å². The molecule has 0 amide bonds. The lowest BCUT2D eigenvalue weighted by Crippen LogP contribution is -2.01. The average molecular weight is 255 g/mol. The largest absolute Gasteiger partial charge is 0.496 e. The number of hydrogen-bond acceptors (Lipinski definition) is 4. The number of methoxy groups -OCH3 is 2. The molecule has 0 heterocycles. The summed E-state index contributed by atoms with van der Waals surface area (Å²) in [4.78, 5) is 1.13. The van der Waals surface area contributed by atoms with Crippen molar-refractivity contribution >= 4 is 17.4 Å². The van der Waals surface area contributed by atoms with Crippen LogP contribution < -0.4 is 14.8 Å². The van der Waals surface area contributed by atoms with Gasteiger partial charge in [0.1, 0.15) is 11.5 Å². The lowest BCUT2D eigenvalue weighted by molar-refractivity contribution is 0.395. The Morgan fingerprint density at radius 1 is 1.12 bits per heavy atom. The van der Waals surface area contributed by atoms with Crippen molar-refractivity contribution in [1.82, 2.24) is 0 Å². The molecule has 0 bridgehead atoms. The van der Waals surface area contributed by atoms with Crippen LogP contribution in [0, 0.1) is 0 Å². The van der Waals surface area contributed by atoms with Crippen LogP contribution in [0.15, 0.2) is 17.0 Å². The van der Waals surface area contributed by atoms with Gasteiger partial charge in [0.25, 0.3) is 0 Å². The van der Waals surface area contributed by atoms with Gasteiger partial charge in [-0.1, -0.05) is 6.92 Å². The van der Waals surface area contributed by atoms with E-state index in [4.69, 9.17) is 9.47 Å². The van der Waals surface area contributed by atoms with E-state index in [1.807, 2.05) is 12.1 Å². The van der Waals surface area contributed by atoms with Crippen LogP contribution in [0.4, 0.5) is 5.69 Å². The minimum Gasteiger partial charge on any atom is -0.496 e. The zero-order valence-corrected chi connectivity index (χ0v) is 11.8. The number of ether oxygens (including phenoxy) is 2. The minimum absolute atomic E-state index is 0.862. The highest BCUT2D eigenvalue weighted by Crippen LogP contribution is 2.38. The van der Waals surface area contributed by atoms with Crippen molar-refractivity contribution in [3.63, 3.8) is 0 Å². The highest BCUT2D eigenvalue weighted by molar-refractivity contribution is 7.99. The molecule has 0 spiro atoms. The van der Waals surface area contributed by atoms with Gasteiger partial charge in [-0.05, 0) is 25.2 Å². The second-order valence-electron chi connectivity index (χ2n) is 3.58. The van der Waals surface area contributed by atoms with Crippen LogP contribution in [-0.4, -0.2) is 26.5 Å². The molecule has 0 fully saturated rings. The molecule has 0 aromatic heterocycles. The Morgan fingerprint density at radius 3 is 2.35 bits per heavy atom. The van der Waals surface area contributed by atoms with Crippen molar-refractivity contribution in [2.45, 2.75) is 25.2 Å². The van der Waals surface area contributed by atoms with Crippen molar-refractivity contribution < 1.29 is 9.47 Å². The van der Waals surface area contributed by atoms with Crippen LogP contribution in [0.5, 0.6) is 11.5 Å². The van der Waals surface area contributed by atoms with Crippen LogP contribution >= 0.6 is 11.8 Å². The monoisotopic (exact) mass is 255 g/mol. The lowest BCUT2D eigenvalue weighted by Gasteiger charge is -2.15. The van der Waals surface area contributed by atoms with Gasteiger partial charge in [-0.15, -0.1) is 11.8 Å². The first-order chi connectivity index (χ1) is 8.26. The summed E-state index contributed by atoms with van der Waals surface area (Å²) in [6.07, 6.45) is 1.14. The number of nitrogens with one attached hydrogen (secondary N) is 1. The first kappa shape index (κ1) is 14.0. The average Bonchev–Trinajstić information content (AvgIpc) is 2.36. The summed E-state index contributed by atoms with van der Waals surface area (Å²) in [7, 11) is 3.39. The summed E-state index contributed by atoms with van der Waals surface area (Å²) in [5.41, 5.74) is 0.979. The van der Waals surface area contributed by atoms with E-state index in [-0.39, 0.29) is 0 Å². The summed E-state index contributed by atoms with van der Waals surface area (Å²) >= 11 is 1.80. The third-order valence-electron chi connectivity index (χ3n) is 2.31. The molecule has 0 saturated heterocycles. The quantitative estimate of drug-likeness (QED) is 0.754. The molecule has 1 rings (SSSR count). The van der Waals surface area contributed by atoms with Crippen molar-refractivity contribution in [2.24, 2.45) is 0 Å². The summed E-state index contributed by atoms with van der Waals surface area (Å²) in [5, 5.41) is 3.27. The number of rotatable bonds is 7. The normalized spacial score (nSPS) is 10.1. The molecule has 1 N–H and O–H groups in total. The van der Waals surface area contributed by atoms with Crippen LogP contribution in [0.3, 0.4) is 0 Å². The Morgan fingerprint density at radius 2 is 1.82 bits per heavy atom. The molecule has 0 unspecified atom stereocenters. The van der Waals surface area contributed by atoms with Gasteiger partial charge < -0.3 is 14.8 Å². The van der Waals surface area contributed by atoms with Crippen LogP contribution in [-0.2, 0) is 0 Å². The molecule has 1 aromatic rings. The molecule has 17 heavy (non-hydrogen) atoms. The molecule has 0 radical (unpaired) electrons. The second kappa shape index (κ2) is 7.33. The van der Waals surface area contributed by atoms with Gasteiger partial charge in [-0.3, -0.25) is 0 Å². The van der Waals surface area contributed by atoms with E-state index >= 15 is 0 Å². The van der Waals surface area contributed by atoms with Crippen LogP contribution in [0.25, 0.3) is 0 Å². The molecule has 3 nitrogen and oxygen atoms in total. The van der Waals surface area contributed by atoms with Gasteiger partial charge in [0, 0.05) is 12.6 Å². The van der Waals surface area contributed by atoms with Crippen molar-refractivity contribution in [2.75, 3.05) is 31.8 Å². The molecular weight excluding hydrogens is 234 g/mol. The highest BCUT2D eigenvalue weighted by Gasteiger charge is 2.10. The number of thioether (sulfide) groups is 1. The zero-order chi connectivity index (χ0) is 12.7. The summed E-state index contributed by atoms with van der Waals surface area (Å²) in [6.45, 7) is 5.09. The third kappa shape index (κ3) is 3.73. The zero-order valence-electron chi connectivity index (χ0n) is 11.0. The number of hydrogen-bond donors (Lipinski definition) is 1. The fraction of sp³-hybridized carbons (Fsp3) is 0.538. The molecule has 0 aliphatic rings. The highest BCUT2D eigenvalue weighted by atomic mass is 32.2. The summed E-state index contributed by atoms with van der Waals surface area (Å²) in [6, 6.07) is 4.04. The van der Waals surface area contributed by atoms with E-state index in [0.29, 0.717) is 0 Å².